The van der Waals surface area contributed by atoms with E-state index in [0.29, 0.717) is 12.0 Å². The van der Waals surface area contributed by atoms with Gasteiger partial charge in [-0.1, -0.05) is 30.4 Å². The molecular formula is C15H10O2. The molecule has 2 heteroatoms. The van der Waals surface area contributed by atoms with E-state index < -0.39 is 5.78 Å². The smallest absolute Gasteiger partial charge is 0.231 e. The highest BCUT2D eigenvalue weighted by atomic mass is 16.1. The van der Waals surface area contributed by atoms with E-state index in [0.717, 1.165) is 5.57 Å². The normalized spacial score (nSPS) is 14.2. The Morgan fingerprint density at radius 2 is 1.88 bits per heavy atom. The maximum absolute atomic E-state index is 11.4. The Bertz CT molecular complexity index is 540. The molecule has 0 saturated carbocycles. The molecule has 0 aromatic heterocycles. The lowest BCUT2D eigenvalue weighted by Crippen LogP contribution is -1.99. The third kappa shape index (κ3) is 3.81. The van der Waals surface area contributed by atoms with Gasteiger partial charge in [-0.25, -0.2) is 0 Å². The summed E-state index contributed by atoms with van der Waals surface area (Å²) in [5.41, 5.74) is 1.32. The van der Waals surface area contributed by atoms with Crippen LogP contribution in [-0.2, 0) is 9.59 Å². The zero-order chi connectivity index (χ0) is 12.7. The van der Waals surface area contributed by atoms with Crippen LogP contribution in [0.15, 0.2) is 47.6 Å². The largest absolute Gasteiger partial charge is 0.280 e. The third-order valence-electron chi connectivity index (χ3n) is 2.13. The second-order valence-corrected chi connectivity index (χ2v) is 3.31. The van der Waals surface area contributed by atoms with E-state index in [1.807, 2.05) is 5.92 Å². The van der Waals surface area contributed by atoms with E-state index in [1.165, 1.54) is 6.08 Å². The molecule has 2 nitrogen and oxygen atoms in total. The molecule has 82 valence electrons. The minimum Gasteiger partial charge on any atom is -0.280 e. The predicted molar refractivity (Wildman–Crippen MR) is 66.7 cm³/mol. The maximum atomic E-state index is 11.4. The van der Waals surface area contributed by atoms with Gasteiger partial charge in [-0.15, -0.1) is 12.8 Å². The summed E-state index contributed by atoms with van der Waals surface area (Å²) in [4.78, 5) is 22.3. The first-order valence-electron chi connectivity index (χ1n) is 4.93. The third-order valence-corrected chi connectivity index (χ3v) is 2.13. The number of allylic oxidation sites excluding steroid dienone is 8. The molecule has 0 saturated heterocycles. The zero-order valence-corrected chi connectivity index (χ0v) is 9.14. The van der Waals surface area contributed by atoms with Crippen molar-refractivity contribution < 1.29 is 9.59 Å². The van der Waals surface area contributed by atoms with Crippen LogP contribution in [-0.4, -0.2) is 11.6 Å². The first-order chi connectivity index (χ1) is 8.17. The summed E-state index contributed by atoms with van der Waals surface area (Å²) in [6.07, 6.45) is 20.3. The molecule has 0 atom stereocenters. The summed E-state index contributed by atoms with van der Waals surface area (Å²) in [6, 6.07) is 0. The topological polar surface area (TPSA) is 34.1 Å². The van der Waals surface area contributed by atoms with Crippen molar-refractivity contribution in [2.45, 2.75) is 6.42 Å². The number of ketones is 2. The quantitative estimate of drug-likeness (QED) is 0.414. The second kappa shape index (κ2) is 6.10. The van der Waals surface area contributed by atoms with Crippen molar-refractivity contribution in [1.29, 1.82) is 0 Å². The van der Waals surface area contributed by atoms with Gasteiger partial charge in [-0.3, -0.25) is 9.59 Å². The van der Waals surface area contributed by atoms with Crippen molar-refractivity contribution >= 4 is 11.6 Å². The van der Waals surface area contributed by atoms with Gasteiger partial charge in [-0.2, -0.15) is 0 Å². The number of hydrogen-bond donors (Lipinski definition) is 0. The van der Waals surface area contributed by atoms with Crippen LogP contribution in [0.1, 0.15) is 6.42 Å². The van der Waals surface area contributed by atoms with Gasteiger partial charge in [-0.05, 0) is 23.5 Å². The molecule has 0 bridgehead atoms. The van der Waals surface area contributed by atoms with Crippen LogP contribution >= 0.6 is 0 Å². The molecule has 0 spiro atoms. The molecule has 17 heavy (non-hydrogen) atoms. The average Bonchev–Trinajstić information content (AvgIpc) is 2.60. The second-order valence-electron chi connectivity index (χ2n) is 3.31. The summed E-state index contributed by atoms with van der Waals surface area (Å²) in [5.74, 6) is 3.29. The molecule has 0 aromatic rings. The minimum atomic E-state index is -0.409. The molecule has 1 rings (SSSR count). The van der Waals surface area contributed by atoms with E-state index in [9.17, 15) is 9.59 Å². The lowest BCUT2D eigenvalue weighted by Gasteiger charge is -2.01. The van der Waals surface area contributed by atoms with Crippen LogP contribution in [0, 0.1) is 24.7 Å². The highest BCUT2D eigenvalue weighted by Crippen LogP contribution is 2.16. The molecule has 0 heterocycles. The average molecular weight is 222 g/mol. The predicted octanol–water partition coefficient (Wildman–Crippen LogP) is 1.76. The van der Waals surface area contributed by atoms with Gasteiger partial charge in [0.2, 0.25) is 11.6 Å². The monoisotopic (exact) mass is 222 g/mol. The van der Waals surface area contributed by atoms with Crippen molar-refractivity contribution in [3.8, 4) is 24.7 Å². The highest BCUT2D eigenvalue weighted by molar-refractivity contribution is 6.08. The van der Waals surface area contributed by atoms with Gasteiger partial charge < -0.3 is 0 Å². The standard InChI is InChI=1S/C15H10O2/c1-3-14(16)10-9-12-7-5-6-8-13(11-12)15(17)4-2/h1-2,5-10H,11H2/b10-9+. The summed E-state index contributed by atoms with van der Waals surface area (Å²) in [6.45, 7) is 0. The van der Waals surface area contributed by atoms with Crippen LogP contribution < -0.4 is 0 Å². The molecule has 0 N–H and O–H groups in total. The van der Waals surface area contributed by atoms with Crippen molar-refractivity contribution in [3.63, 3.8) is 0 Å². The summed E-state index contributed by atoms with van der Waals surface area (Å²) >= 11 is 0. The molecular weight excluding hydrogens is 212 g/mol. The number of carbonyl (C=O) groups is 2. The molecule has 0 amide bonds. The Balaban J connectivity index is 2.86. The Labute approximate surface area is 100 Å². The van der Waals surface area contributed by atoms with Crippen molar-refractivity contribution in [2.75, 3.05) is 0 Å². The highest BCUT2D eigenvalue weighted by Gasteiger charge is 2.08. The SMILES string of the molecule is C#CC(=O)/C=C/C1=CC=CC=C(C(=O)C#C)C1. The lowest BCUT2D eigenvalue weighted by atomic mass is 10.0. The van der Waals surface area contributed by atoms with Crippen LogP contribution in [0.3, 0.4) is 0 Å². The number of hydrogen-bond acceptors (Lipinski definition) is 2. The lowest BCUT2D eigenvalue weighted by molar-refractivity contribution is -0.111. The Morgan fingerprint density at radius 3 is 2.53 bits per heavy atom. The number of terminal acetylenes is 2. The van der Waals surface area contributed by atoms with Gasteiger partial charge >= 0.3 is 0 Å². The van der Waals surface area contributed by atoms with Crippen LogP contribution in [0.25, 0.3) is 0 Å². The van der Waals surface area contributed by atoms with Gasteiger partial charge in [0, 0.05) is 12.0 Å². The first-order valence-corrected chi connectivity index (χ1v) is 4.93. The molecule has 0 radical (unpaired) electrons. The van der Waals surface area contributed by atoms with Crippen LogP contribution in [0.2, 0.25) is 0 Å². The molecule has 0 unspecified atom stereocenters. The summed E-state index contributed by atoms with van der Waals surface area (Å²) < 4.78 is 0. The molecule has 0 aromatic carbocycles. The van der Waals surface area contributed by atoms with E-state index in [1.54, 1.807) is 30.4 Å². The van der Waals surface area contributed by atoms with Crippen molar-refractivity contribution in [3.05, 3.63) is 47.6 Å². The van der Waals surface area contributed by atoms with Crippen LogP contribution in [0.5, 0.6) is 0 Å². The van der Waals surface area contributed by atoms with E-state index in [-0.39, 0.29) is 5.78 Å². The van der Waals surface area contributed by atoms with E-state index in [4.69, 9.17) is 12.8 Å². The van der Waals surface area contributed by atoms with Crippen LogP contribution in [0.4, 0.5) is 0 Å². The summed E-state index contributed by atoms with van der Waals surface area (Å²) in [5, 5.41) is 0. The van der Waals surface area contributed by atoms with Crippen molar-refractivity contribution in [2.24, 2.45) is 0 Å². The molecule has 0 fully saturated rings. The minimum absolute atomic E-state index is 0.348. The maximum Gasteiger partial charge on any atom is 0.231 e. The Kier molecular flexibility index (Phi) is 4.48. The van der Waals surface area contributed by atoms with E-state index in [2.05, 4.69) is 5.92 Å². The van der Waals surface area contributed by atoms with Gasteiger partial charge in [0.25, 0.3) is 0 Å². The number of Topliss-reactive ketones (excluding diaryl/α,β-unsaturated/α-hetero) is 1. The molecule has 0 aliphatic heterocycles. The molecule has 1 aliphatic carbocycles. The van der Waals surface area contributed by atoms with E-state index >= 15 is 0 Å². The van der Waals surface area contributed by atoms with Gasteiger partial charge in [0.15, 0.2) is 0 Å². The van der Waals surface area contributed by atoms with Crippen molar-refractivity contribution in [1.82, 2.24) is 0 Å². The first kappa shape index (κ1) is 12.5. The fourth-order valence-corrected chi connectivity index (χ4v) is 1.28. The number of carbonyl (C=O) groups excluding carboxylic acids is 2. The summed E-state index contributed by atoms with van der Waals surface area (Å²) in [7, 11) is 0. The number of rotatable bonds is 3. The molecule has 1 aliphatic rings. The fraction of sp³-hybridized carbons (Fsp3) is 0.0667. The van der Waals surface area contributed by atoms with Gasteiger partial charge in [0.1, 0.15) is 0 Å². The van der Waals surface area contributed by atoms with Gasteiger partial charge in [0.05, 0.1) is 0 Å². The Hall–Kier alpha value is -2.58. The fourth-order valence-electron chi connectivity index (χ4n) is 1.28. The zero-order valence-electron chi connectivity index (χ0n) is 9.14. The Morgan fingerprint density at radius 1 is 1.18 bits per heavy atom.